The second-order valence-electron chi connectivity index (χ2n) is 6.91. The van der Waals surface area contributed by atoms with Crippen molar-refractivity contribution in [2.75, 3.05) is 31.1 Å². The number of hydrogen-bond donors (Lipinski definition) is 0. The minimum Gasteiger partial charge on any atom is -0.356 e. The van der Waals surface area contributed by atoms with Crippen LogP contribution in [0.2, 0.25) is 0 Å². The highest BCUT2D eigenvalue weighted by Crippen LogP contribution is 2.34. The molecule has 2 aliphatic rings. The van der Waals surface area contributed by atoms with E-state index in [9.17, 15) is 8.78 Å². The third kappa shape index (κ3) is 3.11. The maximum atomic E-state index is 13.3. The lowest BCUT2D eigenvalue weighted by Gasteiger charge is -2.22. The van der Waals surface area contributed by atoms with Gasteiger partial charge >= 0.3 is 0 Å². The highest BCUT2D eigenvalue weighted by Gasteiger charge is 2.40. The van der Waals surface area contributed by atoms with E-state index in [1.807, 2.05) is 13.0 Å². The van der Waals surface area contributed by atoms with Gasteiger partial charge in [-0.05, 0) is 36.5 Å². The lowest BCUT2D eigenvalue weighted by molar-refractivity contribution is 0.307. The summed E-state index contributed by atoms with van der Waals surface area (Å²) in [6, 6.07) is 5.79. The van der Waals surface area contributed by atoms with Crippen molar-refractivity contribution in [3.8, 4) is 0 Å². The third-order valence-corrected chi connectivity index (χ3v) is 5.00. The number of aromatic nitrogens is 2. The molecule has 0 saturated carbocycles. The van der Waals surface area contributed by atoms with Gasteiger partial charge in [-0.1, -0.05) is 0 Å². The topological polar surface area (TPSA) is 32.3 Å². The van der Waals surface area contributed by atoms with Crippen molar-refractivity contribution in [1.29, 1.82) is 0 Å². The normalized spacial score (nSPS) is 23.7. The van der Waals surface area contributed by atoms with Crippen LogP contribution < -0.4 is 4.90 Å². The van der Waals surface area contributed by atoms with Crippen molar-refractivity contribution in [3.63, 3.8) is 0 Å². The molecule has 126 valence electrons. The van der Waals surface area contributed by atoms with Crippen molar-refractivity contribution >= 4 is 5.82 Å². The van der Waals surface area contributed by atoms with Gasteiger partial charge in [-0.25, -0.2) is 18.7 Å². The van der Waals surface area contributed by atoms with Crippen molar-refractivity contribution in [1.82, 2.24) is 14.9 Å². The lowest BCUT2D eigenvalue weighted by atomic mass is 10.0. The molecule has 24 heavy (non-hydrogen) atoms. The number of halogens is 2. The van der Waals surface area contributed by atoms with Crippen LogP contribution in [0.1, 0.15) is 11.3 Å². The maximum absolute atomic E-state index is 13.3. The van der Waals surface area contributed by atoms with Gasteiger partial charge in [0.1, 0.15) is 23.8 Å². The number of anilines is 1. The van der Waals surface area contributed by atoms with E-state index in [4.69, 9.17) is 0 Å². The summed E-state index contributed by atoms with van der Waals surface area (Å²) >= 11 is 0. The van der Waals surface area contributed by atoms with E-state index >= 15 is 0 Å². The van der Waals surface area contributed by atoms with Crippen LogP contribution in [-0.4, -0.2) is 41.0 Å². The van der Waals surface area contributed by atoms with E-state index in [0.717, 1.165) is 43.8 Å². The van der Waals surface area contributed by atoms with Crippen molar-refractivity contribution < 1.29 is 8.78 Å². The van der Waals surface area contributed by atoms with Gasteiger partial charge in [0.15, 0.2) is 0 Å². The number of hydrogen-bond acceptors (Lipinski definition) is 4. The van der Waals surface area contributed by atoms with Crippen LogP contribution in [0.15, 0.2) is 30.6 Å². The van der Waals surface area contributed by atoms with Crippen molar-refractivity contribution in [2.24, 2.45) is 11.8 Å². The Labute approximate surface area is 140 Å². The first-order valence-corrected chi connectivity index (χ1v) is 8.28. The number of fused-ring (bicyclic) bond motifs is 1. The second-order valence-corrected chi connectivity index (χ2v) is 6.91. The molecular formula is C18H20F2N4. The Balaban J connectivity index is 1.39. The van der Waals surface area contributed by atoms with Gasteiger partial charge in [0.2, 0.25) is 0 Å². The Hall–Kier alpha value is -2.08. The quantitative estimate of drug-likeness (QED) is 0.866. The predicted molar refractivity (Wildman–Crippen MR) is 87.6 cm³/mol. The molecule has 0 radical (unpaired) electrons. The van der Waals surface area contributed by atoms with E-state index in [-0.39, 0.29) is 0 Å². The second kappa shape index (κ2) is 6.09. The Kier molecular flexibility index (Phi) is 3.92. The van der Waals surface area contributed by atoms with E-state index in [1.165, 1.54) is 12.1 Å². The molecular weight excluding hydrogens is 310 g/mol. The molecule has 2 aromatic rings. The summed E-state index contributed by atoms with van der Waals surface area (Å²) in [5.41, 5.74) is 1.68. The molecule has 6 heteroatoms. The van der Waals surface area contributed by atoms with Crippen LogP contribution in [0, 0.1) is 30.4 Å². The summed E-state index contributed by atoms with van der Waals surface area (Å²) < 4.78 is 26.7. The van der Waals surface area contributed by atoms with Gasteiger partial charge < -0.3 is 4.90 Å². The van der Waals surface area contributed by atoms with E-state index in [0.29, 0.717) is 23.9 Å². The average molecular weight is 330 g/mol. The van der Waals surface area contributed by atoms with Crippen LogP contribution in [0.25, 0.3) is 0 Å². The standard InChI is InChI=1S/C18H20F2N4/c1-12-2-18(22-11-21-12)24-9-14-7-23(8-15(14)10-24)6-13-3-16(19)5-17(20)4-13/h2-5,11,14-15H,6-10H2,1H3. The molecule has 1 aromatic carbocycles. The maximum Gasteiger partial charge on any atom is 0.132 e. The van der Waals surface area contributed by atoms with Crippen LogP contribution in [0.5, 0.6) is 0 Å². The van der Waals surface area contributed by atoms with Crippen LogP contribution in [0.3, 0.4) is 0 Å². The molecule has 0 bridgehead atoms. The Bertz CT molecular complexity index is 717. The Morgan fingerprint density at radius 1 is 0.958 bits per heavy atom. The zero-order valence-electron chi connectivity index (χ0n) is 13.6. The smallest absolute Gasteiger partial charge is 0.132 e. The summed E-state index contributed by atoms with van der Waals surface area (Å²) in [7, 11) is 0. The van der Waals surface area contributed by atoms with Gasteiger partial charge in [-0.15, -0.1) is 0 Å². The van der Waals surface area contributed by atoms with Gasteiger partial charge in [-0.3, -0.25) is 4.90 Å². The highest BCUT2D eigenvalue weighted by atomic mass is 19.1. The fraction of sp³-hybridized carbons (Fsp3) is 0.444. The molecule has 3 heterocycles. The minimum atomic E-state index is -0.505. The van der Waals surface area contributed by atoms with Gasteiger partial charge in [0, 0.05) is 50.6 Å². The zero-order chi connectivity index (χ0) is 16.7. The molecule has 2 aliphatic heterocycles. The number of rotatable bonds is 3. The molecule has 0 aliphatic carbocycles. The third-order valence-electron chi connectivity index (χ3n) is 5.00. The fourth-order valence-electron chi connectivity index (χ4n) is 3.98. The van der Waals surface area contributed by atoms with Gasteiger partial charge in [0.05, 0.1) is 0 Å². The first kappa shape index (κ1) is 15.4. The summed E-state index contributed by atoms with van der Waals surface area (Å²) in [5, 5.41) is 0. The monoisotopic (exact) mass is 330 g/mol. The highest BCUT2D eigenvalue weighted by molar-refractivity contribution is 5.40. The fourth-order valence-corrected chi connectivity index (χ4v) is 3.98. The van der Waals surface area contributed by atoms with E-state index < -0.39 is 11.6 Å². The van der Waals surface area contributed by atoms with Crippen molar-refractivity contribution in [2.45, 2.75) is 13.5 Å². The molecule has 2 saturated heterocycles. The van der Waals surface area contributed by atoms with E-state index in [2.05, 4.69) is 19.8 Å². The van der Waals surface area contributed by atoms with Gasteiger partial charge in [0.25, 0.3) is 0 Å². The van der Waals surface area contributed by atoms with E-state index in [1.54, 1.807) is 6.33 Å². The van der Waals surface area contributed by atoms with Crippen LogP contribution in [0.4, 0.5) is 14.6 Å². The zero-order valence-corrected chi connectivity index (χ0v) is 13.6. The summed E-state index contributed by atoms with van der Waals surface area (Å²) in [6.45, 7) is 6.47. The van der Waals surface area contributed by atoms with Crippen LogP contribution >= 0.6 is 0 Å². The Morgan fingerprint density at radius 3 is 2.25 bits per heavy atom. The molecule has 4 rings (SSSR count). The molecule has 0 N–H and O–H groups in total. The minimum absolute atomic E-state index is 0.505. The number of aryl methyl sites for hydroxylation is 1. The first-order chi connectivity index (χ1) is 11.6. The van der Waals surface area contributed by atoms with Gasteiger partial charge in [-0.2, -0.15) is 0 Å². The SMILES string of the molecule is Cc1cc(N2CC3CN(Cc4cc(F)cc(F)c4)CC3C2)ncn1. The summed E-state index contributed by atoms with van der Waals surface area (Å²) in [5.74, 6) is 1.15. The largest absolute Gasteiger partial charge is 0.356 e. The molecule has 2 atom stereocenters. The summed E-state index contributed by atoms with van der Waals surface area (Å²) in [6.07, 6.45) is 1.61. The first-order valence-electron chi connectivity index (χ1n) is 8.28. The Morgan fingerprint density at radius 2 is 1.62 bits per heavy atom. The molecule has 1 aromatic heterocycles. The molecule has 4 nitrogen and oxygen atoms in total. The summed E-state index contributed by atoms with van der Waals surface area (Å²) in [4.78, 5) is 13.1. The molecule has 2 unspecified atom stereocenters. The average Bonchev–Trinajstić information content (AvgIpc) is 3.04. The molecule has 0 spiro atoms. The molecule has 2 fully saturated rings. The number of likely N-dealkylation sites (tertiary alicyclic amines) is 1. The predicted octanol–water partition coefficient (Wildman–Crippen LogP) is 2.63. The number of benzene rings is 1. The number of nitrogens with zero attached hydrogens (tertiary/aromatic N) is 4. The lowest BCUT2D eigenvalue weighted by Crippen LogP contribution is -2.29. The van der Waals surface area contributed by atoms with Crippen LogP contribution in [-0.2, 0) is 6.54 Å². The molecule has 0 amide bonds. The van der Waals surface area contributed by atoms with Crippen molar-refractivity contribution in [3.05, 3.63) is 53.5 Å².